The van der Waals surface area contributed by atoms with Crippen molar-refractivity contribution in [1.82, 2.24) is 4.98 Å². The van der Waals surface area contributed by atoms with Crippen LogP contribution < -0.4 is 4.90 Å². The summed E-state index contributed by atoms with van der Waals surface area (Å²) in [4.78, 5) is 7.21. The Kier molecular flexibility index (Phi) is 6.01. The molecule has 10 rings (SSSR count). The molecule has 5 heteroatoms. The van der Waals surface area contributed by atoms with Crippen LogP contribution in [0.25, 0.3) is 75.8 Å². The topological polar surface area (TPSA) is 42.4 Å². The number of para-hydroxylation sites is 1. The zero-order chi connectivity index (χ0) is 31.6. The second-order valence-corrected chi connectivity index (χ2v) is 13.1. The molecule has 226 valence electrons. The van der Waals surface area contributed by atoms with E-state index in [1.807, 2.05) is 53.8 Å². The van der Waals surface area contributed by atoms with Gasteiger partial charge >= 0.3 is 0 Å². The number of benzene rings is 7. The van der Waals surface area contributed by atoms with Gasteiger partial charge in [0.05, 0.1) is 5.39 Å². The predicted molar refractivity (Wildman–Crippen MR) is 200 cm³/mol. The molecule has 0 aliphatic carbocycles. The zero-order valence-electron chi connectivity index (χ0n) is 25.6. The van der Waals surface area contributed by atoms with E-state index in [2.05, 4.69) is 120 Å². The minimum atomic E-state index is 0.609. The molecule has 0 N–H and O–H groups in total. The first kappa shape index (κ1) is 27.0. The van der Waals surface area contributed by atoms with Crippen molar-refractivity contribution in [3.8, 4) is 22.6 Å². The lowest BCUT2D eigenvalue weighted by Crippen LogP contribution is -2.09. The summed E-state index contributed by atoms with van der Waals surface area (Å²) in [5.74, 6) is 0.609. The first-order chi connectivity index (χ1) is 23.8. The van der Waals surface area contributed by atoms with E-state index in [0.717, 1.165) is 66.8 Å². The quantitative estimate of drug-likeness (QED) is 0.189. The summed E-state index contributed by atoms with van der Waals surface area (Å²) in [6.45, 7) is 0. The summed E-state index contributed by atoms with van der Waals surface area (Å²) in [6.07, 6.45) is 0. The van der Waals surface area contributed by atoms with Crippen molar-refractivity contribution < 1.29 is 8.83 Å². The molecule has 0 bridgehead atoms. The Labute approximate surface area is 279 Å². The van der Waals surface area contributed by atoms with Gasteiger partial charge in [0, 0.05) is 48.2 Å². The maximum atomic E-state index is 6.39. The molecule has 0 unspecified atom stereocenters. The van der Waals surface area contributed by atoms with Crippen LogP contribution in [-0.2, 0) is 0 Å². The van der Waals surface area contributed by atoms with Gasteiger partial charge in [0.15, 0.2) is 5.58 Å². The zero-order valence-corrected chi connectivity index (χ0v) is 26.4. The minimum absolute atomic E-state index is 0.609. The fourth-order valence-electron chi connectivity index (χ4n) is 6.82. The number of aromatic nitrogens is 1. The Morgan fingerprint density at radius 2 is 1.12 bits per heavy atom. The smallest absolute Gasteiger partial charge is 0.227 e. The maximum absolute atomic E-state index is 6.39. The van der Waals surface area contributed by atoms with E-state index in [9.17, 15) is 0 Å². The molecular formula is C43H26N2O2S. The number of hydrogen-bond acceptors (Lipinski definition) is 5. The van der Waals surface area contributed by atoms with Gasteiger partial charge in [-0.2, -0.15) is 0 Å². The third-order valence-electron chi connectivity index (χ3n) is 9.11. The Hall–Kier alpha value is -6.17. The van der Waals surface area contributed by atoms with Crippen molar-refractivity contribution in [2.24, 2.45) is 0 Å². The number of furan rings is 1. The highest BCUT2D eigenvalue weighted by molar-refractivity contribution is 7.25. The first-order valence-electron chi connectivity index (χ1n) is 15.9. The van der Waals surface area contributed by atoms with Crippen molar-refractivity contribution in [3.05, 3.63) is 158 Å². The van der Waals surface area contributed by atoms with Crippen LogP contribution in [0.2, 0.25) is 0 Å². The summed E-state index contributed by atoms with van der Waals surface area (Å²) in [5.41, 5.74) is 9.68. The highest BCUT2D eigenvalue weighted by atomic mass is 32.1. The van der Waals surface area contributed by atoms with Crippen LogP contribution in [-0.4, -0.2) is 4.98 Å². The summed E-state index contributed by atoms with van der Waals surface area (Å²) in [7, 11) is 0. The van der Waals surface area contributed by atoms with Crippen LogP contribution in [0, 0.1) is 0 Å². The van der Waals surface area contributed by atoms with Crippen LogP contribution in [0.3, 0.4) is 0 Å². The lowest BCUT2D eigenvalue weighted by molar-refractivity contribution is 0.619. The number of fused-ring (bicyclic) bond motifs is 8. The molecule has 0 radical (unpaired) electrons. The van der Waals surface area contributed by atoms with Gasteiger partial charge in [0.1, 0.15) is 16.7 Å². The van der Waals surface area contributed by atoms with Crippen LogP contribution >= 0.6 is 11.3 Å². The summed E-state index contributed by atoms with van der Waals surface area (Å²) in [6, 6.07) is 55.1. The predicted octanol–water partition coefficient (Wildman–Crippen LogP) is 12.9. The van der Waals surface area contributed by atoms with Gasteiger partial charge in [-0.25, -0.2) is 4.98 Å². The van der Waals surface area contributed by atoms with Gasteiger partial charge in [-0.1, -0.05) is 72.8 Å². The average Bonchev–Trinajstić information content (AvgIpc) is 3.86. The van der Waals surface area contributed by atoms with Crippen molar-refractivity contribution in [2.45, 2.75) is 0 Å². The van der Waals surface area contributed by atoms with E-state index in [4.69, 9.17) is 13.8 Å². The highest BCUT2D eigenvalue weighted by Crippen LogP contribution is 2.42. The molecule has 7 aromatic carbocycles. The summed E-state index contributed by atoms with van der Waals surface area (Å²) < 4.78 is 15.1. The Bertz CT molecular complexity index is 2780. The molecule has 0 spiro atoms. The van der Waals surface area contributed by atoms with Gasteiger partial charge in [-0.3, -0.25) is 0 Å². The lowest BCUT2D eigenvalue weighted by Gasteiger charge is -2.25. The normalized spacial score (nSPS) is 11.8. The highest BCUT2D eigenvalue weighted by Gasteiger charge is 2.18. The van der Waals surface area contributed by atoms with Gasteiger partial charge in [-0.05, 0) is 96.1 Å². The largest absolute Gasteiger partial charge is 0.456 e. The van der Waals surface area contributed by atoms with Crippen LogP contribution in [0.15, 0.2) is 167 Å². The van der Waals surface area contributed by atoms with Gasteiger partial charge in [0.2, 0.25) is 5.89 Å². The molecule has 0 aliphatic rings. The van der Waals surface area contributed by atoms with E-state index in [-0.39, 0.29) is 0 Å². The number of thiophene rings is 1. The molecule has 0 amide bonds. The Balaban J connectivity index is 1.04. The van der Waals surface area contributed by atoms with Crippen LogP contribution in [0.4, 0.5) is 17.1 Å². The SMILES string of the molecule is c1ccc(-c2nc3c(ccc4oc5cc(-c6ccc(N(c7ccccc7)c7ccc8sc9ccccc9c8c7)cc6)ccc5c43)o2)cc1. The molecule has 0 fully saturated rings. The Morgan fingerprint density at radius 3 is 1.98 bits per heavy atom. The molecule has 4 nitrogen and oxygen atoms in total. The van der Waals surface area contributed by atoms with E-state index in [1.165, 1.54) is 20.2 Å². The van der Waals surface area contributed by atoms with Gasteiger partial charge < -0.3 is 13.7 Å². The lowest BCUT2D eigenvalue weighted by atomic mass is 10.0. The standard InChI is InChI=1S/C43H26N2O2S/c1-3-9-28(10-4-1)43-44-42-37(47-43)23-22-36-41(42)34-21-17-29(25-38(34)46-36)27-15-18-31(19-16-27)45(30-11-5-2-6-12-30)32-20-24-40-35(26-32)33-13-7-8-14-39(33)48-40/h1-26H. The molecule has 10 aromatic rings. The molecule has 0 saturated carbocycles. The molecular weight excluding hydrogens is 609 g/mol. The molecule has 3 heterocycles. The number of nitrogens with zero attached hydrogens (tertiary/aromatic N) is 2. The van der Waals surface area contributed by atoms with Crippen molar-refractivity contribution >= 4 is 81.6 Å². The molecule has 0 aliphatic heterocycles. The average molecular weight is 635 g/mol. The minimum Gasteiger partial charge on any atom is -0.456 e. The Morgan fingerprint density at radius 1 is 0.438 bits per heavy atom. The van der Waals surface area contributed by atoms with Crippen molar-refractivity contribution in [1.29, 1.82) is 0 Å². The number of rotatable bonds is 5. The second-order valence-electron chi connectivity index (χ2n) is 12.0. The number of anilines is 3. The van der Waals surface area contributed by atoms with Gasteiger partial charge in [-0.15, -0.1) is 11.3 Å². The fourth-order valence-corrected chi connectivity index (χ4v) is 7.90. The monoisotopic (exact) mass is 634 g/mol. The maximum Gasteiger partial charge on any atom is 0.227 e. The van der Waals surface area contributed by atoms with Crippen LogP contribution in [0.5, 0.6) is 0 Å². The second kappa shape index (κ2) is 10.7. The van der Waals surface area contributed by atoms with Crippen molar-refractivity contribution in [2.75, 3.05) is 4.90 Å². The molecule has 48 heavy (non-hydrogen) atoms. The molecule has 0 atom stereocenters. The van der Waals surface area contributed by atoms with Crippen molar-refractivity contribution in [3.63, 3.8) is 0 Å². The van der Waals surface area contributed by atoms with E-state index in [1.54, 1.807) is 0 Å². The summed E-state index contributed by atoms with van der Waals surface area (Å²) >= 11 is 1.84. The van der Waals surface area contributed by atoms with E-state index < -0.39 is 0 Å². The van der Waals surface area contributed by atoms with Gasteiger partial charge in [0.25, 0.3) is 0 Å². The number of hydrogen-bond donors (Lipinski definition) is 0. The van der Waals surface area contributed by atoms with E-state index >= 15 is 0 Å². The summed E-state index contributed by atoms with van der Waals surface area (Å²) in [5, 5.41) is 4.58. The third kappa shape index (κ3) is 4.33. The molecule has 0 saturated heterocycles. The van der Waals surface area contributed by atoms with E-state index in [0.29, 0.717) is 5.89 Å². The fraction of sp³-hybridized carbons (Fsp3) is 0. The first-order valence-corrected chi connectivity index (χ1v) is 16.8. The third-order valence-corrected chi connectivity index (χ3v) is 10.3. The van der Waals surface area contributed by atoms with Crippen LogP contribution in [0.1, 0.15) is 0 Å². The number of oxazole rings is 1. The molecule has 3 aromatic heterocycles.